The number of nitrogens with zero attached hydrogens (tertiary/aromatic N) is 1. The Hall–Kier alpha value is -2.05. The van der Waals surface area contributed by atoms with Gasteiger partial charge in [0.2, 0.25) is 0 Å². The van der Waals surface area contributed by atoms with E-state index in [2.05, 4.69) is 0 Å². The highest BCUT2D eigenvalue weighted by molar-refractivity contribution is 7.99. The van der Waals surface area contributed by atoms with Crippen molar-refractivity contribution in [3.05, 3.63) is 58.1 Å². The molecule has 21 heavy (non-hydrogen) atoms. The molecule has 1 N–H and O–H groups in total. The van der Waals surface area contributed by atoms with Gasteiger partial charge in [-0.25, -0.2) is 0 Å². The quantitative estimate of drug-likeness (QED) is 0.671. The molecule has 0 aliphatic carbocycles. The van der Waals surface area contributed by atoms with Gasteiger partial charge in [0.05, 0.1) is 23.0 Å². The van der Waals surface area contributed by atoms with Gasteiger partial charge < -0.3 is 9.84 Å². The maximum atomic E-state index is 11.2. The Labute approximate surface area is 126 Å². The third-order valence-electron chi connectivity index (χ3n) is 2.95. The van der Waals surface area contributed by atoms with E-state index >= 15 is 0 Å². The molecule has 5 nitrogen and oxygen atoms in total. The molecule has 0 spiro atoms. The number of nitro groups is 1. The molecule has 0 fully saturated rings. The molecule has 6 heteroatoms. The summed E-state index contributed by atoms with van der Waals surface area (Å²) in [6, 6.07) is 12.1. The number of methoxy groups -OCH3 is 1. The molecular formula is C15H15NO4S. The summed E-state index contributed by atoms with van der Waals surface area (Å²) in [5.41, 5.74) is 0.523. The molecular weight excluding hydrogens is 290 g/mol. The first-order valence-corrected chi connectivity index (χ1v) is 7.11. The first-order valence-electron chi connectivity index (χ1n) is 6.29. The van der Waals surface area contributed by atoms with Crippen molar-refractivity contribution in [2.24, 2.45) is 0 Å². The predicted molar refractivity (Wildman–Crippen MR) is 80.8 cm³/mol. The summed E-state index contributed by atoms with van der Waals surface area (Å²) in [6.45, 7) is 1.58. The van der Waals surface area contributed by atoms with Gasteiger partial charge in [-0.05, 0) is 42.8 Å². The lowest BCUT2D eigenvalue weighted by Crippen LogP contribution is -1.96. The molecule has 110 valence electrons. The molecule has 1 atom stereocenters. The summed E-state index contributed by atoms with van der Waals surface area (Å²) in [7, 11) is 1.59. The first-order chi connectivity index (χ1) is 10.0. The molecule has 2 rings (SSSR count). The molecule has 0 aliphatic rings. The van der Waals surface area contributed by atoms with Crippen molar-refractivity contribution < 1.29 is 14.8 Å². The van der Waals surface area contributed by atoms with E-state index in [0.717, 1.165) is 10.6 Å². The SMILES string of the molecule is COc1ccc(Sc2ccc([C@H](C)O)cc2[N+](=O)[O-])cc1. The fourth-order valence-corrected chi connectivity index (χ4v) is 2.69. The van der Waals surface area contributed by atoms with Gasteiger partial charge in [-0.15, -0.1) is 0 Å². The van der Waals surface area contributed by atoms with Gasteiger partial charge >= 0.3 is 0 Å². The van der Waals surface area contributed by atoms with Crippen LogP contribution in [0.25, 0.3) is 0 Å². The van der Waals surface area contributed by atoms with Crippen molar-refractivity contribution in [2.45, 2.75) is 22.8 Å². The van der Waals surface area contributed by atoms with E-state index in [4.69, 9.17) is 4.74 Å². The Kier molecular flexibility index (Phi) is 4.82. The highest BCUT2D eigenvalue weighted by Crippen LogP contribution is 2.36. The fraction of sp³-hybridized carbons (Fsp3) is 0.200. The molecule has 2 aromatic rings. The van der Waals surface area contributed by atoms with E-state index in [0.29, 0.717) is 10.5 Å². The number of hydrogen-bond donors (Lipinski definition) is 1. The second kappa shape index (κ2) is 6.60. The molecule has 0 saturated carbocycles. The van der Waals surface area contributed by atoms with Crippen molar-refractivity contribution in [3.63, 3.8) is 0 Å². The van der Waals surface area contributed by atoms with Crippen LogP contribution in [0.4, 0.5) is 5.69 Å². The zero-order chi connectivity index (χ0) is 15.4. The van der Waals surface area contributed by atoms with E-state index in [9.17, 15) is 15.2 Å². The number of ether oxygens (including phenoxy) is 1. The number of aliphatic hydroxyl groups excluding tert-OH is 1. The number of rotatable bonds is 5. The zero-order valence-corrected chi connectivity index (χ0v) is 12.5. The van der Waals surface area contributed by atoms with Crippen molar-refractivity contribution in [2.75, 3.05) is 7.11 Å². The lowest BCUT2D eigenvalue weighted by molar-refractivity contribution is -0.387. The van der Waals surface area contributed by atoms with Crippen LogP contribution in [0.1, 0.15) is 18.6 Å². The first kappa shape index (κ1) is 15.3. The fourth-order valence-electron chi connectivity index (χ4n) is 1.79. The average molecular weight is 305 g/mol. The molecule has 0 radical (unpaired) electrons. The third kappa shape index (κ3) is 3.74. The van der Waals surface area contributed by atoms with Gasteiger partial charge in [0, 0.05) is 11.0 Å². The largest absolute Gasteiger partial charge is 0.497 e. The summed E-state index contributed by atoms with van der Waals surface area (Å²) in [4.78, 5) is 12.2. The Bertz CT molecular complexity index is 641. The van der Waals surface area contributed by atoms with Crippen molar-refractivity contribution in [3.8, 4) is 5.75 Å². The zero-order valence-electron chi connectivity index (χ0n) is 11.6. The van der Waals surface area contributed by atoms with E-state index in [1.807, 2.05) is 12.1 Å². The van der Waals surface area contributed by atoms with Gasteiger partial charge in [0.1, 0.15) is 5.75 Å². The second-order valence-corrected chi connectivity index (χ2v) is 5.55. The van der Waals surface area contributed by atoms with Gasteiger partial charge in [0.15, 0.2) is 0 Å². The van der Waals surface area contributed by atoms with Crippen LogP contribution < -0.4 is 4.74 Å². The molecule has 2 aromatic carbocycles. The Morgan fingerprint density at radius 3 is 2.43 bits per heavy atom. The van der Waals surface area contributed by atoms with Crippen molar-refractivity contribution in [1.29, 1.82) is 0 Å². The normalized spacial score (nSPS) is 12.0. The van der Waals surface area contributed by atoms with Crippen LogP contribution in [-0.2, 0) is 0 Å². The summed E-state index contributed by atoms with van der Waals surface area (Å²) < 4.78 is 5.08. The molecule has 0 aromatic heterocycles. The Morgan fingerprint density at radius 1 is 1.24 bits per heavy atom. The highest BCUT2D eigenvalue weighted by Gasteiger charge is 2.17. The van der Waals surface area contributed by atoms with Crippen LogP contribution in [0.3, 0.4) is 0 Å². The van der Waals surface area contributed by atoms with Crippen LogP contribution in [-0.4, -0.2) is 17.1 Å². The monoisotopic (exact) mass is 305 g/mol. The minimum atomic E-state index is -0.733. The molecule has 0 unspecified atom stereocenters. The van der Waals surface area contributed by atoms with Crippen LogP contribution in [0.2, 0.25) is 0 Å². The predicted octanol–water partition coefficient (Wildman–Crippen LogP) is 3.81. The maximum absolute atomic E-state index is 11.2. The molecule has 0 amide bonds. The average Bonchev–Trinajstić information content (AvgIpc) is 2.48. The number of nitro benzene ring substituents is 1. The molecule has 0 heterocycles. The highest BCUT2D eigenvalue weighted by atomic mass is 32.2. The van der Waals surface area contributed by atoms with E-state index in [1.165, 1.54) is 17.8 Å². The van der Waals surface area contributed by atoms with Crippen molar-refractivity contribution >= 4 is 17.4 Å². The van der Waals surface area contributed by atoms with Crippen LogP contribution in [0.5, 0.6) is 5.75 Å². The maximum Gasteiger partial charge on any atom is 0.283 e. The Morgan fingerprint density at radius 2 is 1.90 bits per heavy atom. The summed E-state index contributed by atoms with van der Waals surface area (Å²) >= 11 is 1.30. The van der Waals surface area contributed by atoms with Gasteiger partial charge in [-0.1, -0.05) is 17.8 Å². The van der Waals surface area contributed by atoms with Crippen LogP contribution >= 0.6 is 11.8 Å². The standard InChI is InChI=1S/C15H15NO4S/c1-10(17)11-3-8-15(14(9-11)16(18)19)21-13-6-4-12(20-2)5-7-13/h3-10,17H,1-2H3/t10-/m0/s1. The van der Waals surface area contributed by atoms with Crippen molar-refractivity contribution in [1.82, 2.24) is 0 Å². The number of benzene rings is 2. The lowest BCUT2D eigenvalue weighted by Gasteiger charge is -2.08. The third-order valence-corrected chi connectivity index (χ3v) is 4.02. The molecule has 0 aliphatic heterocycles. The summed E-state index contributed by atoms with van der Waals surface area (Å²) in [5.74, 6) is 0.735. The number of aliphatic hydroxyl groups is 1. The van der Waals surface area contributed by atoms with Gasteiger partial charge in [0.25, 0.3) is 5.69 Å². The molecule has 0 bridgehead atoms. The lowest BCUT2D eigenvalue weighted by atomic mass is 10.1. The second-order valence-electron chi connectivity index (χ2n) is 4.44. The van der Waals surface area contributed by atoms with Crippen LogP contribution in [0, 0.1) is 10.1 Å². The van der Waals surface area contributed by atoms with E-state index < -0.39 is 11.0 Å². The minimum Gasteiger partial charge on any atom is -0.497 e. The Balaban J connectivity index is 2.31. The van der Waals surface area contributed by atoms with Crippen LogP contribution in [0.15, 0.2) is 52.3 Å². The van der Waals surface area contributed by atoms with Gasteiger partial charge in [-0.3, -0.25) is 10.1 Å². The summed E-state index contributed by atoms with van der Waals surface area (Å²) in [6.07, 6.45) is -0.733. The number of hydrogen-bond acceptors (Lipinski definition) is 5. The topological polar surface area (TPSA) is 72.6 Å². The smallest absolute Gasteiger partial charge is 0.283 e. The minimum absolute atomic E-state index is 0.00535. The van der Waals surface area contributed by atoms with E-state index in [1.54, 1.807) is 38.3 Å². The summed E-state index contributed by atoms with van der Waals surface area (Å²) in [5, 5.41) is 20.7. The van der Waals surface area contributed by atoms with E-state index in [-0.39, 0.29) is 5.69 Å². The molecule has 0 saturated heterocycles. The van der Waals surface area contributed by atoms with Gasteiger partial charge in [-0.2, -0.15) is 0 Å².